The molecular weight excluding hydrogens is 400 g/mol. The molecule has 148 valence electrons. The molecule has 0 spiro atoms. The van der Waals surface area contributed by atoms with E-state index in [4.69, 9.17) is 16.3 Å². The first-order valence-corrected chi connectivity index (χ1v) is 10.1. The SMILES string of the molecule is CC(=O)Nc1ccc(NC(=O)[C@H](C)OC(=O)CSCc2cccc(Cl)c2)cc1. The Kier molecular flexibility index (Phi) is 8.35. The van der Waals surface area contributed by atoms with Crippen molar-refractivity contribution >= 4 is 52.5 Å². The van der Waals surface area contributed by atoms with Crippen LogP contribution in [0.5, 0.6) is 0 Å². The van der Waals surface area contributed by atoms with Crippen LogP contribution in [0.15, 0.2) is 48.5 Å². The van der Waals surface area contributed by atoms with Gasteiger partial charge in [-0.1, -0.05) is 23.7 Å². The van der Waals surface area contributed by atoms with Gasteiger partial charge in [-0.2, -0.15) is 0 Å². The molecule has 0 aliphatic carbocycles. The number of halogens is 1. The number of esters is 1. The number of nitrogens with one attached hydrogen (secondary N) is 2. The van der Waals surface area contributed by atoms with Crippen LogP contribution in [-0.2, 0) is 24.9 Å². The highest BCUT2D eigenvalue weighted by atomic mass is 35.5. The highest BCUT2D eigenvalue weighted by Gasteiger charge is 2.18. The lowest BCUT2D eigenvalue weighted by Crippen LogP contribution is -2.30. The van der Waals surface area contributed by atoms with Crippen LogP contribution in [0.4, 0.5) is 11.4 Å². The number of thioether (sulfide) groups is 1. The Labute approximate surface area is 173 Å². The Morgan fingerprint density at radius 1 is 1.07 bits per heavy atom. The van der Waals surface area contributed by atoms with Crippen molar-refractivity contribution in [3.63, 3.8) is 0 Å². The van der Waals surface area contributed by atoms with Crippen molar-refractivity contribution in [1.82, 2.24) is 0 Å². The van der Waals surface area contributed by atoms with E-state index in [1.54, 1.807) is 30.3 Å². The maximum Gasteiger partial charge on any atom is 0.316 e. The van der Waals surface area contributed by atoms with Gasteiger partial charge in [-0.05, 0) is 48.9 Å². The van der Waals surface area contributed by atoms with Crippen LogP contribution in [-0.4, -0.2) is 29.6 Å². The third-order valence-electron chi connectivity index (χ3n) is 3.53. The van der Waals surface area contributed by atoms with Crippen molar-refractivity contribution in [2.24, 2.45) is 0 Å². The van der Waals surface area contributed by atoms with Crippen LogP contribution in [0.1, 0.15) is 19.4 Å². The molecule has 0 saturated carbocycles. The lowest BCUT2D eigenvalue weighted by molar-refractivity contribution is -0.150. The summed E-state index contributed by atoms with van der Waals surface area (Å²) in [5.74, 6) is -0.311. The Hall–Kier alpha value is -2.51. The minimum atomic E-state index is -0.922. The fourth-order valence-corrected chi connectivity index (χ4v) is 3.21. The fourth-order valence-electron chi connectivity index (χ4n) is 2.25. The van der Waals surface area contributed by atoms with E-state index in [0.29, 0.717) is 22.2 Å². The van der Waals surface area contributed by atoms with Gasteiger partial charge in [0.2, 0.25) is 5.91 Å². The van der Waals surface area contributed by atoms with Crippen molar-refractivity contribution in [3.05, 3.63) is 59.1 Å². The van der Waals surface area contributed by atoms with E-state index >= 15 is 0 Å². The molecule has 2 N–H and O–H groups in total. The largest absolute Gasteiger partial charge is 0.452 e. The van der Waals surface area contributed by atoms with E-state index in [2.05, 4.69) is 10.6 Å². The van der Waals surface area contributed by atoms with E-state index in [9.17, 15) is 14.4 Å². The average Bonchev–Trinajstić information content (AvgIpc) is 2.63. The zero-order chi connectivity index (χ0) is 20.5. The third kappa shape index (κ3) is 7.62. The highest BCUT2D eigenvalue weighted by molar-refractivity contribution is 7.99. The molecule has 2 aromatic carbocycles. The molecule has 0 heterocycles. The van der Waals surface area contributed by atoms with Crippen LogP contribution in [0, 0.1) is 0 Å². The number of amides is 2. The van der Waals surface area contributed by atoms with E-state index in [0.717, 1.165) is 5.56 Å². The summed E-state index contributed by atoms with van der Waals surface area (Å²) in [6.07, 6.45) is -0.922. The van der Waals surface area contributed by atoms with E-state index < -0.39 is 18.0 Å². The number of hydrogen-bond acceptors (Lipinski definition) is 5. The summed E-state index contributed by atoms with van der Waals surface area (Å²) in [7, 11) is 0. The zero-order valence-electron chi connectivity index (χ0n) is 15.5. The Morgan fingerprint density at radius 2 is 1.71 bits per heavy atom. The fraction of sp³-hybridized carbons (Fsp3) is 0.250. The number of benzene rings is 2. The van der Waals surface area contributed by atoms with Crippen molar-refractivity contribution in [2.45, 2.75) is 25.7 Å². The topological polar surface area (TPSA) is 84.5 Å². The summed E-state index contributed by atoms with van der Waals surface area (Å²) in [5.41, 5.74) is 2.18. The molecule has 0 fully saturated rings. The predicted octanol–water partition coefficient (Wildman–Crippen LogP) is 4.10. The zero-order valence-corrected chi connectivity index (χ0v) is 17.1. The number of carbonyl (C=O) groups is 3. The Morgan fingerprint density at radius 3 is 2.32 bits per heavy atom. The average molecular weight is 421 g/mol. The van der Waals surface area contributed by atoms with Crippen LogP contribution < -0.4 is 10.6 Å². The van der Waals surface area contributed by atoms with Gasteiger partial charge in [-0.3, -0.25) is 14.4 Å². The van der Waals surface area contributed by atoms with Gasteiger partial charge in [0.15, 0.2) is 6.10 Å². The molecule has 0 unspecified atom stereocenters. The summed E-state index contributed by atoms with van der Waals surface area (Å²) in [5, 5.41) is 5.95. The van der Waals surface area contributed by atoms with Gasteiger partial charge in [0.25, 0.3) is 5.91 Å². The molecule has 0 aliphatic heterocycles. The summed E-state index contributed by atoms with van der Waals surface area (Å²) in [6.45, 7) is 2.93. The minimum Gasteiger partial charge on any atom is -0.452 e. The van der Waals surface area contributed by atoms with Crippen molar-refractivity contribution in [2.75, 3.05) is 16.4 Å². The summed E-state index contributed by atoms with van der Waals surface area (Å²) in [4.78, 5) is 35.1. The highest BCUT2D eigenvalue weighted by Crippen LogP contribution is 2.17. The van der Waals surface area contributed by atoms with Crippen molar-refractivity contribution in [3.8, 4) is 0 Å². The van der Waals surface area contributed by atoms with Crippen LogP contribution >= 0.6 is 23.4 Å². The second kappa shape index (κ2) is 10.7. The second-order valence-electron chi connectivity index (χ2n) is 6.00. The molecule has 0 aromatic heterocycles. The Bertz CT molecular complexity index is 842. The third-order valence-corrected chi connectivity index (χ3v) is 4.74. The quantitative estimate of drug-likeness (QED) is 0.628. The van der Waals surface area contributed by atoms with E-state index in [1.165, 1.54) is 25.6 Å². The predicted molar refractivity (Wildman–Crippen MR) is 113 cm³/mol. The van der Waals surface area contributed by atoms with Crippen LogP contribution in [0.3, 0.4) is 0 Å². The van der Waals surface area contributed by atoms with Crippen LogP contribution in [0.2, 0.25) is 5.02 Å². The number of carbonyl (C=O) groups excluding carboxylic acids is 3. The molecule has 8 heteroatoms. The van der Waals surface area contributed by atoms with Gasteiger partial charge in [0, 0.05) is 29.1 Å². The monoisotopic (exact) mass is 420 g/mol. The number of anilines is 2. The maximum atomic E-state index is 12.2. The molecule has 1 atom stereocenters. The molecule has 6 nitrogen and oxygen atoms in total. The molecule has 0 radical (unpaired) electrons. The van der Waals surface area contributed by atoms with Crippen LogP contribution in [0.25, 0.3) is 0 Å². The smallest absolute Gasteiger partial charge is 0.316 e. The normalized spacial score (nSPS) is 11.4. The number of hydrogen-bond donors (Lipinski definition) is 2. The lowest BCUT2D eigenvalue weighted by atomic mass is 10.2. The molecule has 28 heavy (non-hydrogen) atoms. The molecule has 0 saturated heterocycles. The van der Waals surface area contributed by atoms with Crippen molar-refractivity contribution in [1.29, 1.82) is 0 Å². The number of ether oxygens (including phenoxy) is 1. The lowest BCUT2D eigenvalue weighted by Gasteiger charge is -2.14. The standard InChI is InChI=1S/C20H21ClN2O4S/c1-13(20(26)23-18-8-6-17(7-9-18)22-14(2)24)27-19(25)12-28-11-15-4-3-5-16(21)10-15/h3-10,13H,11-12H2,1-2H3,(H,22,24)(H,23,26)/t13-/m0/s1. The first-order valence-electron chi connectivity index (χ1n) is 8.53. The van der Waals surface area contributed by atoms with E-state index in [-0.39, 0.29) is 11.7 Å². The van der Waals surface area contributed by atoms with Gasteiger partial charge in [0.05, 0.1) is 5.75 Å². The van der Waals surface area contributed by atoms with Gasteiger partial charge in [-0.25, -0.2) is 0 Å². The Balaban J connectivity index is 1.74. The molecular formula is C20H21ClN2O4S. The summed E-state index contributed by atoms with van der Waals surface area (Å²) < 4.78 is 5.17. The van der Waals surface area contributed by atoms with Gasteiger partial charge < -0.3 is 15.4 Å². The number of rotatable bonds is 8. The molecule has 2 amide bonds. The van der Waals surface area contributed by atoms with Gasteiger partial charge >= 0.3 is 5.97 Å². The van der Waals surface area contributed by atoms with Gasteiger partial charge in [-0.15, -0.1) is 11.8 Å². The summed E-state index contributed by atoms with van der Waals surface area (Å²) in [6, 6.07) is 14.0. The summed E-state index contributed by atoms with van der Waals surface area (Å²) >= 11 is 7.31. The molecule has 2 aromatic rings. The first kappa shape index (κ1) is 21.8. The maximum absolute atomic E-state index is 12.2. The second-order valence-corrected chi connectivity index (χ2v) is 7.42. The first-order chi connectivity index (χ1) is 13.3. The van der Waals surface area contributed by atoms with E-state index in [1.807, 2.05) is 18.2 Å². The minimum absolute atomic E-state index is 0.134. The van der Waals surface area contributed by atoms with Gasteiger partial charge in [0.1, 0.15) is 0 Å². The molecule has 2 rings (SSSR count). The molecule has 0 bridgehead atoms. The van der Waals surface area contributed by atoms with Crippen molar-refractivity contribution < 1.29 is 19.1 Å². The molecule has 0 aliphatic rings.